The average molecular weight is 308 g/mol. The predicted molar refractivity (Wildman–Crippen MR) is 87.0 cm³/mol. The maximum Gasteiger partial charge on any atom is 0.335 e. The molecule has 0 bridgehead atoms. The van der Waals surface area contributed by atoms with E-state index in [0.29, 0.717) is 12.0 Å². The van der Waals surface area contributed by atoms with E-state index in [4.69, 9.17) is 9.84 Å². The molecule has 0 fully saturated rings. The number of ether oxygens (including phenoxy) is 1. The average Bonchev–Trinajstić information content (AvgIpc) is 2.57. The number of carboxylic acid groups (broad SMARTS) is 1. The van der Waals surface area contributed by atoms with Crippen LogP contribution in [0.15, 0.2) is 48.0 Å². The number of allylic oxidation sites excluding steroid dienone is 1. The molecule has 23 heavy (non-hydrogen) atoms. The number of ketones is 1. The second-order valence-electron chi connectivity index (χ2n) is 5.45. The Morgan fingerprint density at radius 3 is 2.52 bits per heavy atom. The Balaban J connectivity index is 1.89. The van der Waals surface area contributed by atoms with Gasteiger partial charge in [-0.2, -0.15) is 0 Å². The quantitative estimate of drug-likeness (QED) is 0.880. The maximum atomic E-state index is 12.6. The van der Waals surface area contributed by atoms with Crippen molar-refractivity contribution in [1.82, 2.24) is 0 Å². The molecule has 1 N–H and O–H groups in total. The molecule has 0 atom stereocenters. The zero-order chi connectivity index (χ0) is 16.4. The Morgan fingerprint density at radius 1 is 1.13 bits per heavy atom. The molecule has 2 aromatic rings. The minimum Gasteiger partial charge on any atom is -0.497 e. The van der Waals surface area contributed by atoms with Gasteiger partial charge >= 0.3 is 5.97 Å². The topological polar surface area (TPSA) is 63.6 Å². The standard InChI is InChI=1S/C19H16O4/c1-23-16-8-9-17-14(11-16)6-7-15(18(17)20)10-12-2-4-13(5-3-12)19(21)22/h2-5,8-11H,6-7H2,1H3,(H,21,22)/b15-10-. The largest absolute Gasteiger partial charge is 0.497 e. The summed E-state index contributed by atoms with van der Waals surface area (Å²) in [6.45, 7) is 0. The zero-order valence-corrected chi connectivity index (χ0v) is 12.7. The van der Waals surface area contributed by atoms with E-state index in [-0.39, 0.29) is 11.3 Å². The molecule has 0 amide bonds. The number of fused-ring (bicyclic) bond motifs is 1. The number of aromatic carboxylic acids is 1. The molecule has 2 aromatic carbocycles. The second kappa shape index (κ2) is 6.08. The Hall–Kier alpha value is -2.88. The van der Waals surface area contributed by atoms with Crippen LogP contribution in [0.1, 0.15) is 38.3 Å². The van der Waals surface area contributed by atoms with E-state index < -0.39 is 5.97 Å². The van der Waals surface area contributed by atoms with Crippen LogP contribution in [0.5, 0.6) is 5.75 Å². The van der Waals surface area contributed by atoms with Gasteiger partial charge in [0, 0.05) is 11.1 Å². The van der Waals surface area contributed by atoms with Crippen LogP contribution in [0.25, 0.3) is 6.08 Å². The molecule has 0 unspecified atom stereocenters. The van der Waals surface area contributed by atoms with Gasteiger partial charge in [0.2, 0.25) is 0 Å². The van der Waals surface area contributed by atoms with Gasteiger partial charge in [-0.05, 0) is 60.4 Å². The minimum absolute atomic E-state index is 0.0243. The van der Waals surface area contributed by atoms with Crippen molar-refractivity contribution in [2.75, 3.05) is 7.11 Å². The molecular formula is C19H16O4. The van der Waals surface area contributed by atoms with Gasteiger partial charge in [0.1, 0.15) is 5.75 Å². The molecule has 0 heterocycles. The van der Waals surface area contributed by atoms with Gasteiger partial charge < -0.3 is 9.84 Å². The molecule has 4 nitrogen and oxygen atoms in total. The Kier molecular flexibility index (Phi) is 3.98. The van der Waals surface area contributed by atoms with Gasteiger partial charge in [-0.3, -0.25) is 4.79 Å². The number of rotatable bonds is 3. The number of carbonyl (C=O) groups excluding carboxylic acids is 1. The maximum absolute atomic E-state index is 12.6. The lowest BCUT2D eigenvalue weighted by Crippen LogP contribution is -2.14. The summed E-state index contributed by atoms with van der Waals surface area (Å²) in [5, 5.41) is 8.91. The molecule has 4 heteroatoms. The normalized spacial score (nSPS) is 15.3. The number of carbonyl (C=O) groups is 2. The molecule has 0 aliphatic heterocycles. The summed E-state index contributed by atoms with van der Waals surface area (Å²) < 4.78 is 5.19. The number of aryl methyl sites for hydroxylation is 1. The monoisotopic (exact) mass is 308 g/mol. The zero-order valence-electron chi connectivity index (χ0n) is 12.7. The van der Waals surface area contributed by atoms with Crippen LogP contribution in [0.2, 0.25) is 0 Å². The van der Waals surface area contributed by atoms with Crippen LogP contribution in [0.4, 0.5) is 0 Å². The molecule has 116 valence electrons. The van der Waals surface area contributed by atoms with E-state index in [1.165, 1.54) is 0 Å². The summed E-state index contributed by atoms with van der Waals surface area (Å²) in [5.74, 6) is -0.176. The van der Waals surface area contributed by atoms with Crippen molar-refractivity contribution in [1.29, 1.82) is 0 Å². The summed E-state index contributed by atoms with van der Waals surface area (Å²) in [7, 11) is 1.61. The Bertz CT molecular complexity index is 801. The fraction of sp³-hybridized carbons (Fsp3) is 0.158. The number of hydrogen-bond acceptors (Lipinski definition) is 3. The minimum atomic E-state index is -0.958. The number of benzene rings is 2. The highest BCUT2D eigenvalue weighted by molar-refractivity contribution is 6.13. The first-order valence-electron chi connectivity index (χ1n) is 7.34. The fourth-order valence-corrected chi connectivity index (χ4v) is 2.74. The van der Waals surface area contributed by atoms with Crippen molar-refractivity contribution in [2.45, 2.75) is 12.8 Å². The predicted octanol–water partition coefficient (Wildman–Crippen LogP) is 3.61. The van der Waals surface area contributed by atoms with Crippen molar-refractivity contribution in [2.24, 2.45) is 0 Å². The summed E-state index contributed by atoms with van der Waals surface area (Å²) in [4.78, 5) is 23.5. The van der Waals surface area contributed by atoms with E-state index in [2.05, 4.69) is 0 Å². The summed E-state index contributed by atoms with van der Waals surface area (Å²) >= 11 is 0. The van der Waals surface area contributed by atoms with Gasteiger partial charge in [0.05, 0.1) is 12.7 Å². The highest BCUT2D eigenvalue weighted by atomic mass is 16.5. The fourth-order valence-electron chi connectivity index (χ4n) is 2.74. The number of hydrogen-bond donors (Lipinski definition) is 1. The van der Waals surface area contributed by atoms with Crippen molar-refractivity contribution in [3.63, 3.8) is 0 Å². The van der Waals surface area contributed by atoms with Gasteiger partial charge in [-0.15, -0.1) is 0 Å². The molecular weight excluding hydrogens is 292 g/mol. The molecule has 0 radical (unpaired) electrons. The molecule has 1 aliphatic carbocycles. The van der Waals surface area contributed by atoms with E-state index in [9.17, 15) is 9.59 Å². The first-order chi connectivity index (χ1) is 11.1. The third-order valence-corrected chi connectivity index (χ3v) is 4.01. The molecule has 0 aromatic heterocycles. The van der Waals surface area contributed by atoms with Crippen LogP contribution < -0.4 is 4.74 Å². The molecule has 0 saturated heterocycles. The Morgan fingerprint density at radius 2 is 1.87 bits per heavy atom. The summed E-state index contributed by atoms with van der Waals surface area (Å²) in [6.07, 6.45) is 3.29. The van der Waals surface area contributed by atoms with E-state index >= 15 is 0 Å². The summed E-state index contributed by atoms with van der Waals surface area (Å²) in [5.41, 5.74) is 3.53. The SMILES string of the molecule is COc1ccc2c(c1)CC/C(=C/c1ccc(C(=O)O)cc1)C2=O. The second-order valence-corrected chi connectivity index (χ2v) is 5.45. The van der Waals surface area contributed by atoms with E-state index in [0.717, 1.165) is 28.9 Å². The smallest absolute Gasteiger partial charge is 0.335 e. The molecule has 0 spiro atoms. The molecule has 1 aliphatic rings. The first-order valence-corrected chi connectivity index (χ1v) is 7.34. The summed E-state index contributed by atoms with van der Waals surface area (Å²) in [6, 6.07) is 12.0. The van der Waals surface area contributed by atoms with Gasteiger partial charge in [0.25, 0.3) is 0 Å². The third kappa shape index (κ3) is 3.01. The van der Waals surface area contributed by atoms with E-state index in [1.54, 1.807) is 43.5 Å². The van der Waals surface area contributed by atoms with E-state index in [1.807, 2.05) is 12.1 Å². The highest BCUT2D eigenvalue weighted by Gasteiger charge is 2.22. The molecule has 0 saturated carbocycles. The Labute approximate surface area is 134 Å². The van der Waals surface area contributed by atoms with Crippen LogP contribution in [0.3, 0.4) is 0 Å². The van der Waals surface area contributed by atoms with Crippen LogP contribution in [0, 0.1) is 0 Å². The van der Waals surface area contributed by atoms with Crippen molar-refractivity contribution in [3.05, 3.63) is 70.3 Å². The third-order valence-electron chi connectivity index (χ3n) is 4.01. The van der Waals surface area contributed by atoms with Crippen LogP contribution in [-0.2, 0) is 6.42 Å². The lowest BCUT2D eigenvalue weighted by Gasteiger charge is -2.18. The lowest BCUT2D eigenvalue weighted by molar-refractivity contribution is 0.0696. The molecule has 3 rings (SSSR count). The van der Waals surface area contributed by atoms with Crippen molar-refractivity contribution < 1.29 is 19.4 Å². The highest BCUT2D eigenvalue weighted by Crippen LogP contribution is 2.29. The lowest BCUT2D eigenvalue weighted by atomic mass is 9.86. The van der Waals surface area contributed by atoms with Crippen LogP contribution in [-0.4, -0.2) is 24.0 Å². The number of methoxy groups -OCH3 is 1. The number of Topliss-reactive ketones (excluding diaryl/α,β-unsaturated/α-hetero) is 1. The van der Waals surface area contributed by atoms with Crippen LogP contribution >= 0.6 is 0 Å². The first kappa shape index (κ1) is 15.0. The van der Waals surface area contributed by atoms with Gasteiger partial charge in [-0.1, -0.05) is 12.1 Å². The van der Waals surface area contributed by atoms with Crippen molar-refractivity contribution >= 4 is 17.8 Å². The van der Waals surface area contributed by atoms with Gasteiger partial charge in [-0.25, -0.2) is 4.79 Å². The van der Waals surface area contributed by atoms with Crippen molar-refractivity contribution in [3.8, 4) is 5.75 Å². The number of carboxylic acids is 1. The van der Waals surface area contributed by atoms with Gasteiger partial charge in [0.15, 0.2) is 5.78 Å².